The molecule has 2 aromatic heterocycles. The van der Waals surface area contributed by atoms with Crippen LogP contribution in [0.15, 0.2) is 77.2 Å². The molecule has 0 unspecified atom stereocenters. The molecule has 0 fully saturated rings. The van der Waals surface area contributed by atoms with E-state index in [4.69, 9.17) is 20.8 Å². The Morgan fingerprint density at radius 1 is 1.07 bits per heavy atom. The third-order valence-corrected chi connectivity index (χ3v) is 8.86. The van der Waals surface area contributed by atoms with Crippen LogP contribution in [0, 0.1) is 5.82 Å². The lowest BCUT2D eigenvalue weighted by Crippen LogP contribution is -2.38. The summed E-state index contributed by atoms with van der Waals surface area (Å²) in [5.41, 5.74) is 2.37. The summed E-state index contributed by atoms with van der Waals surface area (Å²) in [4.78, 5) is 32.8. The molecule has 0 saturated carbocycles. The number of rotatable bonds is 8. The number of pyridine rings is 1. The van der Waals surface area contributed by atoms with Crippen LogP contribution in [0.4, 0.5) is 10.1 Å². The van der Waals surface area contributed by atoms with E-state index in [1.165, 1.54) is 49.2 Å². The molecule has 0 bridgehead atoms. The molecular weight excluding hydrogens is 623 g/mol. The van der Waals surface area contributed by atoms with Crippen molar-refractivity contribution in [1.29, 1.82) is 0 Å². The molecule has 10 nitrogen and oxygen atoms in total. The smallest absolute Gasteiger partial charge is 0.279 e. The van der Waals surface area contributed by atoms with Gasteiger partial charge in [-0.05, 0) is 67.1 Å². The molecule has 1 aliphatic rings. The molecule has 0 aliphatic carbocycles. The number of fused-ring (bicyclic) bond motifs is 2. The fraction of sp³-hybridized carbons (Fsp3) is 0.156. The molecule has 2 amide bonds. The fourth-order valence-electron chi connectivity index (χ4n) is 4.98. The van der Waals surface area contributed by atoms with E-state index in [-0.39, 0.29) is 64.7 Å². The Bertz CT molecular complexity index is 2060. The number of amides is 2. The summed E-state index contributed by atoms with van der Waals surface area (Å²) >= 11 is 6.00. The Kier molecular flexibility index (Phi) is 7.94. The van der Waals surface area contributed by atoms with Gasteiger partial charge in [0.15, 0.2) is 18.2 Å². The maximum absolute atomic E-state index is 13.7. The van der Waals surface area contributed by atoms with E-state index in [2.05, 4.69) is 15.0 Å². The van der Waals surface area contributed by atoms with Crippen molar-refractivity contribution in [2.75, 3.05) is 24.3 Å². The van der Waals surface area contributed by atoms with Crippen LogP contribution < -0.4 is 14.8 Å². The minimum Gasteiger partial charge on any atom is -0.471 e. The number of sulfonamides is 1. The van der Waals surface area contributed by atoms with E-state index in [0.717, 1.165) is 5.56 Å². The second-order valence-corrected chi connectivity index (χ2v) is 12.7. The lowest BCUT2D eigenvalue weighted by atomic mass is 10.0. The number of ether oxygens (including phenoxy) is 1. The van der Waals surface area contributed by atoms with Crippen molar-refractivity contribution < 1.29 is 31.6 Å². The van der Waals surface area contributed by atoms with Gasteiger partial charge in [-0.25, -0.2) is 17.8 Å². The fourth-order valence-corrected chi connectivity index (χ4v) is 5.76. The van der Waals surface area contributed by atoms with Crippen LogP contribution in [0.25, 0.3) is 33.6 Å². The summed E-state index contributed by atoms with van der Waals surface area (Å²) in [7, 11) is -2.31. The van der Waals surface area contributed by atoms with Gasteiger partial charge in [0.1, 0.15) is 17.2 Å². The molecule has 1 aliphatic heterocycles. The van der Waals surface area contributed by atoms with Crippen molar-refractivity contribution in [3.63, 3.8) is 0 Å². The van der Waals surface area contributed by atoms with Crippen molar-refractivity contribution in [3.05, 3.63) is 100 Å². The maximum Gasteiger partial charge on any atom is 0.279 e. The monoisotopic (exact) mass is 648 g/mol. The highest BCUT2D eigenvalue weighted by Crippen LogP contribution is 2.40. The van der Waals surface area contributed by atoms with Gasteiger partial charge in [-0.2, -0.15) is 0 Å². The molecule has 0 saturated heterocycles. The highest BCUT2D eigenvalue weighted by molar-refractivity contribution is 7.92. The molecule has 0 atom stereocenters. The third kappa shape index (κ3) is 5.94. The number of benzene rings is 3. The van der Waals surface area contributed by atoms with Crippen molar-refractivity contribution in [2.24, 2.45) is 0 Å². The highest BCUT2D eigenvalue weighted by Gasteiger charge is 2.29. The van der Waals surface area contributed by atoms with E-state index in [1.54, 1.807) is 30.3 Å². The molecule has 0 radical (unpaired) electrons. The van der Waals surface area contributed by atoms with Gasteiger partial charge in [-0.15, -0.1) is 0 Å². The predicted octanol–water partition coefficient (Wildman–Crippen LogP) is 6.07. The van der Waals surface area contributed by atoms with Crippen molar-refractivity contribution in [3.8, 4) is 28.3 Å². The maximum atomic E-state index is 13.7. The molecule has 3 heterocycles. The molecule has 3 aromatic carbocycles. The van der Waals surface area contributed by atoms with E-state index in [9.17, 15) is 22.4 Å². The Balaban J connectivity index is 1.49. The van der Waals surface area contributed by atoms with Gasteiger partial charge in [0.25, 0.3) is 11.8 Å². The van der Waals surface area contributed by atoms with Gasteiger partial charge >= 0.3 is 0 Å². The Hall–Kier alpha value is -4.94. The lowest BCUT2D eigenvalue weighted by molar-refractivity contribution is 0.0488. The van der Waals surface area contributed by atoms with Crippen molar-refractivity contribution >= 4 is 50.1 Å². The minimum absolute atomic E-state index is 0.0136. The van der Waals surface area contributed by atoms with Crippen LogP contribution >= 0.6 is 11.6 Å². The van der Waals surface area contributed by atoms with E-state index in [0.29, 0.717) is 21.5 Å². The summed E-state index contributed by atoms with van der Waals surface area (Å²) in [5, 5.41) is 3.53. The Morgan fingerprint density at radius 3 is 2.49 bits per heavy atom. The first-order valence-corrected chi connectivity index (χ1v) is 15.9. The van der Waals surface area contributed by atoms with Gasteiger partial charge in [-0.1, -0.05) is 23.7 Å². The third-order valence-electron chi connectivity index (χ3n) is 7.32. The van der Waals surface area contributed by atoms with Gasteiger partial charge in [0, 0.05) is 41.2 Å². The predicted molar refractivity (Wildman–Crippen MR) is 168 cm³/mol. The number of nitrogens with zero attached hydrogens (tertiary/aromatic N) is 2. The van der Waals surface area contributed by atoms with Crippen LogP contribution in [0.5, 0.6) is 5.75 Å². The zero-order valence-corrected chi connectivity index (χ0v) is 25.6. The Morgan fingerprint density at radius 2 is 1.80 bits per heavy atom. The molecule has 230 valence electrons. The van der Waals surface area contributed by atoms with E-state index < -0.39 is 21.7 Å². The number of aromatic nitrogens is 1. The molecule has 2 N–H and O–H groups in total. The first-order chi connectivity index (χ1) is 21.6. The summed E-state index contributed by atoms with van der Waals surface area (Å²) < 4.78 is 53.7. The summed E-state index contributed by atoms with van der Waals surface area (Å²) in [6.45, 7) is 1.76. The summed E-state index contributed by atoms with van der Waals surface area (Å²) in [6, 6.07) is 18.8. The number of carbonyl (C=O) groups excluding carboxylic acids is 2. The van der Waals surface area contributed by atoms with Crippen molar-refractivity contribution in [2.45, 2.75) is 13.5 Å². The lowest BCUT2D eigenvalue weighted by Gasteiger charge is -2.28. The molecule has 6 rings (SSSR count). The van der Waals surface area contributed by atoms with Crippen LogP contribution in [0.1, 0.15) is 33.3 Å². The molecule has 45 heavy (non-hydrogen) atoms. The number of hydrogen-bond acceptors (Lipinski definition) is 7. The molecule has 13 heteroatoms. The zero-order chi connectivity index (χ0) is 31.9. The number of hydrogen-bond donors (Lipinski definition) is 2. The number of halogens is 2. The first-order valence-electron chi connectivity index (χ1n) is 13.8. The molecule has 5 aromatic rings. The van der Waals surface area contributed by atoms with Crippen LogP contribution in [0.3, 0.4) is 0 Å². The minimum atomic E-state index is -3.78. The average Bonchev–Trinajstić information content (AvgIpc) is 3.41. The average molecular weight is 649 g/mol. The quantitative estimate of drug-likeness (QED) is 0.209. The van der Waals surface area contributed by atoms with Crippen LogP contribution in [0.2, 0.25) is 5.02 Å². The van der Waals surface area contributed by atoms with Gasteiger partial charge in [0.05, 0.1) is 22.7 Å². The van der Waals surface area contributed by atoms with Crippen molar-refractivity contribution in [1.82, 2.24) is 15.2 Å². The van der Waals surface area contributed by atoms with Gasteiger partial charge in [0.2, 0.25) is 10.0 Å². The SMILES string of the molecule is CCS(=O)(=O)Nc1cc2oc(-c3ccc(F)cc3)c(C(=O)NC)c2cc1-c1ccc2c(n1)C(=O)N(Cc1ccc(Cl)cc1)CO2. The number of furan rings is 1. The summed E-state index contributed by atoms with van der Waals surface area (Å²) in [5.74, 6) is -1.07. The normalized spacial score (nSPS) is 13.0. The van der Waals surface area contributed by atoms with Crippen LogP contribution in [-0.4, -0.2) is 49.6 Å². The first kappa shape index (κ1) is 30.1. The van der Waals surface area contributed by atoms with E-state index in [1.807, 2.05) is 12.1 Å². The van der Waals surface area contributed by atoms with Gasteiger partial charge in [-0.3, -0.25) is 19.2 Å². The Labute approximate surface area is 262 Å². The summed E-state index contributed by atoms with van der Waals surface area (Å²) in [6.07, 6.45) is 0. The number of nitrogens with one attached hydrogen (secondary N) is 2. The van der Waals surface area contributed by atoms with Gasteiger partial charge < -0.3 is 14.5 Å². The standard InChI is InChI=1S/C32H26ClFN4O6S/c1-3-45(41,42)37-25-15-27-23(28(31(39)35-2)30(44-27)19-6-10-21(34)11-7-19)14-22(25)24-12-13-26-29(36-24)32(40)38(17-43-26)16-18-4-8-20(33)9-5-18/h4-15,37H,3,16-17H2,1-2H3,(H,35,39). The zero-order valence-electron chi connectivity index (χ0n) is 24.1. The highest BCUT2D eigenvalue weighted by atomic mass is 35.5. The number of anilines is 1. The second kappa shape index (κ2) is 11.9. The topological polar surface area (TPSA) is 131 Å². The largest absolute Gasteiger partial charge is 0.471 e. The molecule has 0 spiro atoms. The second-order valence-electron chi connectivity index (χ2n) is 10.2. The molecular formula is C32H26ClFN4O6S. The number of carbonyl (C=O) groups is 2. The van der Waals surface area contributed by atoms with Crippen LogP contribution in [-0.2, 0) is 16.6 Å². The van der Waals surface area contributed by atoms with E-state index >= 15 is 0 Å².